The molecule has 1 aromatic heterocycles. The van der Waals surface area contributed by atoms with Gasteiger partial charge in [-0.3, -0.25) is 4.79 Å². The van der Waals surface area contributed by atoms with Gasteiger partial charge in [0.1, 0.15) is 0 Å². The van der Waals surface area contributed by atoms with Gasteiger partial charge in [0, 0.05) is 19.2 Å². The van der Waals surface area contributed by atoms with Crippen LogP contribution in [-0.4, -0.2) is 30.7 Å². The number of aryl methyl sites for hydroxylation is 1. The van der Waals surface area contributed by atoms with Crippen molar-refractivity contribution < 1.29 is 9.32 Å². The van der Waals surface area contributed by atoms with Crippen molar-refractivity contribution in [3.05, 3.63) is 29.2 Å². The van der Waals surface area contributed by atoms with Gasteiger partial charge in [-0.15, -0.1) is 0 Å². The topological polar surface area (TPSA) is 67.2 Å². The lowest BCUT2D eigenvalue weighted by atomic mass is 10.1. The molecule has 0 spiro atoms. The SMILES string of the molecule is Cc1cc(C(=O)NCC2=CCNCC2)on1. The smallest absolute Gasteiger partial charge is 0.290 e. The van der Waals surface area contributed by atoms with E-state index in [9.17, 15) is 4.79 Å². The lowest BCUT2D eigenvalue weighted by molar-refractivity contribution is 0.0920. The van der Waals surface area contributed by atoms with Crippen LogP contribution in [0, 0.1) is 6.92 Å². The van der Waals surface area contributed by atoms with Gasteiger partial charge < -0.3 is 15.2 Å². The molecule has 5 heteroatoms. The van der Waals surface area contributed by atoms with Crippen molar-refractivity contribution in [3.63, 3.8) is 0 Å². The second kappa shape index (κ2) is 4.94. The van der Waals surface area contributed by atoms with E-state index in [0.29, 0.717) is 12.2 Å². The van der Waals surface area contributed by atoms with Crippen molar-refractivity contribution in [1.82, 2.24) is 15.8 Å². The fourth-order valence-electron chi connectivity index (χ4n) is 1.58. The number of aromatic nitrogens is 1. The maximum Gasteiger partial charge on any atom is 0.290 e. The molecule has 0 aromatic carbocycles. The summed E-state index contributed by atoms with van der Waals surface area (Å²) in [6.45, 7) is 4.23. The number of hydrogen-bond acceptors (Lipinski definition) is 4. The van der Waals surface area contributed by atoms with Gasteiger partial charge in [0.2, 0.25) is 5.76 Å². The van der Waals surface area contributed by atoms with Crippen LogP contribution in [0.4, 0.5) is 0 Å². The van der Waals surface area contributed by atoms with E-state index in [-0.39, 0.29) is 11.7 Å². The van der Waals surface area contributed by atoms with Crippen LogP contribution < -0.4 is 10.6 Å². The quantitative estimate of drug-likeness (QED) is 0.735. The van der Waals surface area contributed by atoms with Crippen molar-refractivity contribution in [2.24, 2.45) is 0 Å². The molecule has 2 N–H and O–H groups in total. The standard InChI is InChI=1S/C11H15N3O2/c1-8-6-10(16-14-8)11(15)13-7-9-2-4-12-5-3-9/h2,6,12H,3-5,7H2,1H3,(H,13,15). The highest BCUT2D eigenvalue weighted by atomic mass is 16.5. The fourth-order valence-corrected chi connectivity index (χ4v) is 1.58. The maximum absolute atomic E-state index is 11.6. The van der Waals surface area contributed by atoms with Crippen LogP contribution in [0.3, 0.4) is 0 Å². The van der Waals surface area contributed by atoms with Crippen LogP contribution in [0.25, 0.3) is 0 Å². The number of nitrogens with one attached hydrogen (secondary N) is 2. The Morgan fingerprint density at radius 1 is 1.69 bits per heavy atom. The summed E-state index contributed by atoms with van der Waals surface area (Å²) >= 11 is 0. The summed E-state index contributed by atoms with van der Waals surface area (Å²) in [7, 11) is 0. The first-order chi connectivity index (χ1) is 7.75. The fraction of sp³-hybridized carbons (Fsp3) is 0.455. The van der Waals surface area contributed by atoms with E-state index < -0.39 is 0 Å². The van der Waals surface area contributed by atoms with Gasteiger partial charge in [-0.25, -0.2) is 0 Å². The molecule has 0 bridgehead atoms. The van der Waals surface area contributed by atoms with Gasteiger partial charge in [0.25, 0.3) is 5.91 Å². The monoisotopic (exact) mass is 221 g/mol. The molecule has 0 fully saturated rings. The molecular weight excluding hydrogens is 206 g/mol. The molecule has 5 nitrogen and oxygen atoms in total. The molecule has 0 radical (unpaired) electrons. The van der Waals surface area contributed by atoms with Crippen molar-refractivity contribution in [2.45, 2.75) is 13.3 Å². The van der Waals surface area contributed by atoms with Crippen molar-refractivity contribution in [3.8, 4) is 0 Å². The second-order valence-electron chi connectivity index (χ2n) is 3.83. The molecule has 0 saturated heterocycles. The predicted molar refractivity (Wildman–Crippen MR) is 59.1 cm³/mol. The van der Waals surface area contributed by atoms with Crippen LogP contribution in [0.2, 0.25) is 0 Å². The molecule has 16 heavy (non-hydrogen) atoms. The summed E-state index contributed by atoms with van der Waals surface area (Å²) in [6.07, 6.45) is 3.09. The van der Waals surface area contributed by atoms with Crippen LogP contribution in [0.15, 0.2) is 22.2 Å². The zero-order valence-electron chi connectivity index (χ0n) is 9.25. The minimum absolute atomic E-state index is 0.208. The van der Waals surface area contributed by atoms with Crippen LogP contribution in [-0.2, 0) is 0 Å². The number of nitrogens with zero attached hydrogens (tertiary/aromatic N) is 1. The van der Waals surface area contributed by atoms with E-state index >= 15 is 0 Å². The van der Waals surface area contributed by atoms with E-state index in [1.807, 2.05) is 0 Å². The van der Waals surface area contributed by atoms with E-state index in [1.54, 1.807) is 13.0 Å². The third-order valence-electron chi connectivity index (χ3n) is 2.49. The molecule has 0 unspecified atom stereocenters. The third kappa shape index (κ3) is 2.70. The number of rotatable bonds is 3. The molecule has 1 aliphatic heterocycles. The highest BCUT2D eigenvalue weighted by Crippen LogP contribution is 2.04. The first-order valence-electron chi connectivity index (χ1n) is 5.36. The van der Waals surface area contributed by atoms with E-state index in [0.717, 1.165) is 19.5 Å². The summed E-state index contributed by atoms with van der Waals surface area (Å²) in [5, 5.41) is 9.71. The summed E-state index contributed by atoms with van der Waals surface area (Å²) in [6, 6.07) is 1.63. The molecule has 2 heterocycles. The number of carbonyl (C=O) groups is 1. The van der Waals surface area contributed by atoms with Gasteiger partial charge >= 0.3 is 0 Å². The Hall–Kier alpha value is -1.62. The van der Waals surface area contributed by atoms with Crippen molar-refractivity contribution >= 4 is 5.91 Å². The average molecular weight is 221 g/mol. The van der Waals surface area contributed by atoms with Gasteiger partial charge in [-0.2, -0.15) is 0 Å². The Morgan fingerprint density at radius 2 is 2.56 bits per heavy atom. The third-order valence-corrected chi connectivity index (χ3v) is 2.49. The molecule has 1 aromatic rings. The molecule has 86 valence electrons. The Morgan fingerprint density at radius 3 is 3.19 bits per heavy atom. The Labute approximate surface area is 93.9 Å². The lowest BCUT2D eigenvalue weighted by Crippen LogP contribution is -2.29. The first kappa shape index (κ1) is 10.9. The zero-order chi connectivity index (χ0) is 11.4. The van der Waals surface area contributed by atoms with Gasteiger partial charge in [-0.1, -0.05) is 16.8 Å². The minimum atomic E-state index is -0.208. The van der Waals surface area contributed by atoms with Gasteiger partial charge in [-0.05, 0) is 19.9 Å². The van der Waals surface area contributed by atoms with E-state index in [2.05, 4.69) is 21.9 Å². The highest BCUT2D eigenvalue weighted by molar-refractivity contribution is 5.91. The number of hydrogen-bond donors (Lipinski definition) is 2. The number of amides is 1. The number of carbonyl (C=O) groups excluding carboxylic acids is 1. The molecule has 1 amide bonds. The summed E-state index contributed by atoms with van der Waals surface area (Å²) in [5.74, 6) is 0.0621. The van der Waals surface area contributed by atoms with E-state index in [1.165, 1.54) is 5.57 Å². The molecule has 0 aliphatic carbocycles. The average Bonchev–Trinajstić information content (AvgIpc) is 2.74. The predicted octanol–water partition coefficient (Wildman–Crippen LogP) is 0.633. The van der Waals surface area contributed by atoms with Crippen molar-refractivity contribution in [1.29, 1.82) is 0 Å². The Balaban J connectivity index is 1.86. The Kier molecular flexibility index (Phi) is 3.36. The van der Waals surface area contributed by atoms with Crippen LogP contribution in [0.5, 0.6) is 0 Å². The van der Waals surface area contributed by atoms with Gasteiger partial charge in [0.15, 0.2) is 0 Å². The lowest BCUT2D eigenvalue weighted by Gasteiger charge is -2.13. The van der Waals surface area contributed by atoms with Gasteiger partial charge in [0.05, 0.1) is 5.69 Å². The maximum atomic E-state index is 11.6. The molecule has 0 saturated carbocycles. The van der Waals surface area contributed by atoms with Crippen LogP contribution >= 0.6 is 0 Å². The summed E-state index contributed by atoms with van der Waals surface area (Å²) in [5.41, 5.74) is 1.97. The summed E-state index contributed by atoms with van der Waals surface area (Å²) in [4.78, 5) is 11.6. The highest BCUT2D eigenvalue weighted by Gasteiger charge is 2.11. The van der Waals surface area contributed by atoms with E-state index in [4.69, 9.17) is 4.52 Å². The molecule has 1 aliphatic rings. The zero-order valence-corrected chi connectivity index (χ0v) is 9.25. The first-order valence-corrected chi connectivity index (χ1v) is 5.36. The normalized spacial score (nSPS) is 15.7. The second-order valence-corrected chi connectivity index (χ2v) is 3.83. The molecule has 0 atom stereocenters. The molecule has 2 rings (SSSR count). The molecular formula is C11H15N3O2. The minimum Gasteiger partial charge on any atom is -0.351 e. The largest absolute Gasteiger partial charge is 0.351 e. The Bertz CT molecular complexity index is 409. The van der Waals surface area contributed by atoms with Crippen molar-refractivity contribution in [2.75, 3.05) is 19.6 Å². The summed E-state index contributed by atoms with van der Waals surface area (Å²) < 4.78 is 4.87. The van der Waals surface area contributed by atoms with Crippen LogP contribution in [0.1, 0.15) is 22.7 Å².